The number of nitrogens with one attached hydrogen (secondary N) is 1. The molecular formula is C24H25N5O2S. The van der Waals surface area contributed by atoms with E-state index in [-0.39, 0.29) is 17.2 Å². The Morgan fingerprint density at radius 2 is 1.84 bits per heavy atom. The highest BCUT2D eigenvalue weighted by molar-refractivity contribution is 7.99. The highest BCUT2D eigenvalue weighted by Gasteiger charge is 2.16. The molecule has 2 aromatic heterocycles. The maximum Gasteiger partial charge on any atom is 0.282 e. The van der Waals surface area contributed by atoms with Gasteiger partial charge in [0.15, 0.2) is 10.7 Å². The van der Waals surface area contributed by atoms with Crippen LogP contribution in [0.25, 0.3) is 11.0 Å². The van der Waals surface area contributed by atoms with Crippen molar-refractivity contribution >= 4 is 34.4 Å². The first kappa shape index (κ1) is 21.8. The summed E-state index contributed by atoms with van der Waals surface area (Å²) in [5.41, 5.74) is 3.73. The van der Waals surface area contributed by atoms with E-state index in [4.69, 9.17) is 0 Å². The number of benzene rings is 2. The Balaban J connectivity index is 1.57. The topological polar surface area (TPSA) is 81.8 Å². The van der Waals surface area contributed by atoms with Crippen molar-refractivity contribution in [3.63, 3.8) is 0 Å². The molecule has 7 nitrogen and oxygen atoms in total. The van der Waals surface area contributed by atoms with Crippen molar-refractivity contribution in [3.8, 4) is 0 Å². The molecule has 0 aliphatic carbocycles. The summed E-state index contributed by atoms with van der Waals surface area (Å²) in [6.45, 7) is 5.08. The number of hydrogen-bond donors (Lipinski definition) is 1. The molecule has 2 heterocycles. The third kappa shape index (κ3) is 5.08. The van der Waals surface area contributed by atoms with Crippen molar-refractivity contribution in [2.45, 2.75) is 38.5 Å². The van der Waals surface area contributed by atoms with E-state index in [9.17, 15) is 9.59 Å². The molecule has 0 aliphatic heterocycles. The van der Waals surface area contributed by atoms with Gasteiger partial charge in [-0.25, -0.2) is 4.98 Å². The second-order valence-corrected chi connectivity index (χ2v) is 8.45. The van der Waals surface area contributed by atoms with Crippen LogP contribution in [0, 0.1) is 6.92 Å². The van der Waals surface area contributed by atoms with Crippen molar-refractivity contribution in [2.75, 3.05) is 11.1 Å². The summed E-state index contributed by atoms with van der Waals surface area (Å²) >= 11 is 1.26. The zero-order chi connectivity index (χ0) is 22.5. The number of aryl methyl sites for hydroxylation is 3. The fourth-order valence-corrected chi connectivity index (χ4v) is 4.17. The second-order valence-electron chi connectivity index (χ2n) is 7.51. The molecule has 8 heteroatoms. The summed E-state index contributed by atoms with van der Waals surface area (Å²) in [5, 5.41) is 7.79. The summed E-state index contributed by atoms with van der Waals surface area (Å²) in [6.07, 6.45) is 2.46. The molecule has 164 valence electrons. The van der Waals surface area contributed by atoms with Gasteiger partial charge in [-0.3, -0.25) is 18.8 Å². The van der Waals surface area contributed by atoms with E-state index in [2.05, 4.69) is 15.4 Å². The minimum Gasteiger partial charge on any atom is -0.325 e. The smallest absolute Gasteiger partial charge is 0.282 e. The number of amides is 1. The summed E-state index contributed by atoms with van der Waals surface area (Å²) in [6, 6.07) is 17.6. The Bertz CT molecular complexity index is 1280. The van der Waals surface area contributed by atoms with Gasteiger partial charge in [-0.2, -0.15) is 5.10 Å². The van der Waals surface area contributed by atoms with Gasteiger partial charge in [0, 0.05) is 18.8 Å². The molecule has 4 aromatic rings. The monoisotopic (exact) mass is 447 g/mol. The van der Waals surface area contributed by atoms with Crippen molar-refractivity contribution in [1.82, 2.24) is 19.3 Å². The Kier molecular flexibility index (Phi) is 6.70. The van der Waals surface area contributed by atoms with Crippen LogP contribution in [0.15, 0.2) is 70.7 Å². The summed E-state index contributed by atoms with van der Waals surface area (Å²) in [7, 11) is 0. The van der Waals surface area contributed by atoms with Crippen LogP contribution in [-0.2, 0) is 24.3 Å². The highest BCUT2D eigenvalue weighted by Crippen LogP contribution is 2.19. The molecule has 0 spiro atoms. The molecule has 0 fully saturated rings. The average Bonchev–Trinajstić information content (AvgIpc) is 3.23. The standard InChI is InChI=1S/C24H25N5O2S/c1-3-28-15-20-22(27-28)23(31)29(14-13-18-7-5-4-6-8-18)24(26-20)32-16-21(30)25-19-11-9-17(2)10-12-19/h4-12,15H,3,13-14,16H2,1-2H3,(H,25,30). The van der Waals surface area contributed by atoms with Crippen LogP contribution in [-0.4, -0.2) is 31.0 Å². The fraction of sp³-hybridized carbons (Fsp3) is 0.250. The minimum absolute atomic E-state index is 0.146. The molecule has 0 saturated carbocycles. The van der Waals surface area contributed by atoms with E-state index < -0.39 is 0 Å². The average molecular weight is 448 g/mol. The second kappa shape index (κ2) is 9.82. The van der Waals surface area contributed by atoms with Gasteiger partial charge in [-0.05, 0) is 38.0 Å². The largest absolute Gasteiger partial charge is 0.325 e. The van der Waals surface area contributed by atoms with Gasteiger partial charge in [0.05, 0.1) is 11.9 Å². The zero-order valence-corrected chi connectivity index (χ0v) is 18.9. The molecule has 0 unspecified atom stereocenters. The molecule has 0 saturated heterocycles. The molecule has 4 rings (SSSR count). The van der Waals surface area contributed by atoms with Crippen LogP contribution in [0.1, 0.15) is 18.1 Å². The fourth-order valence-electron chi connectivity index (χ4n) is 3.34. The Labute approximate surface area is 190 Å². The quantitative estimate of drug-likeness (QED) is 0.327. The van der Waals surface area contributed by atoms with Gasteiger partial charge >= 0.3 is 0 Å². The van der Waals surface area contributed by atoms with Crippen LogP contribution < -0.4 is 10.9 Å². The first-order chi connectivity index (χ1) is 15.5. The van der Waals surface area contributed by atoms with E-state index in [1.165, 1.54) is 11.8 Å². The first-order valence-electron chi connectivity index (χ1n) is 10.5. The van der Waals surface area contributed by atoms with E-state index in [0.717, 1.165) is 16.8 Å². The molecule has 0 bridgehead atoms. The van der Waals surface area contributed by atoms with E-state index in [0.29, 0.717) is 35.7 Å². The lowest BCUT2D eigenvalue weighted by Crippen LogP contribution is -2.25. The number of carbonyl (C=O) groups excluding carboxylic acids is 1. The third-order valence-corrected chi connectivity index (χ3v) is 6.07. The minimum atomic E-state index is -0.181. The van der Waals surface area contributed by atoms with Crippen molar-refractivity contribution in [1.29, 1.82) is 0 Å². The van der Waals surface area contributed by atoms with Crippen LogP contribution in [0.3, 0.4) is 0 Å². The van der Waals surface area contributed by atoms with Crippen molar-refractivity contribution in [2.24, 2.45) is 0 Å². The normalized spacial score (nSPS) is 11.1. The van der Waals surface area contributed by atoms with Gasteiger partial charge in [-0.1, -0.05) is 59.8 Å². The van der Waals surface area contributed by atoms with Gasteiger partial charge in [0.1, 0.15) is 5.52 Å². The molecule has 1 amide bonds. The van der Waals surface area contributed by atoms with Crippen LogP contribution in [0.2, 0.25) is 0 Å². The van der Waals surface area contributed by atoms with Crippen LogP contribution >= 0.6 is 11.8 Å². The maximum atomic E-state index is 13.2. The van der Waals surface area contributed by atoms with E-state index in [1.807, 2.05) is 68.4 Å². The van der Waals surface area contributed by atoms with Gasteiger partial charge < -0.3 is 5.32 Å². The maximum absolute atomic E-state index is 13.2. The van der Waals surface area contributed by atoms with Gasteiger partial charge in [0.25, 0.3) is 5.56 Å². The summed E-state index contributed by atoms with van der Waals surface area (Å²) in [5.74, 6) is 0.00562. The number of nitrogens with zero attached hydrogens (tertiary/aromatic N) is 4. The lowest BCUT2D eigenvalue weighted by atomic mass is 10.1. The summed E-state index contributed by atoms with van der Waals surface area (Å²) < 4.78 is 3.34. The number of hydrogen-bond acceptors (Lipinski definition) is 5. The lowest BCUT2D eigenvalue weighted by molar-refractivity contribution is -0.113. The molecule has 1 N–H and O–H groups in total. The van der Waals surface area contributed by atoms with Gasteiger partial charge in [0.2, 0.25) is 5.91 Å². The number of anilines is 1. The first-order valence-corrected chi connectivity index (χ1v) is 11.5. The number of carbonyl (C=O) groups is 1. The number of rotatable bonds is 8. The van der Waals surface area contributed by atoms with Crippen molar-refractivity contribution < 1.29 is 4.79 Å². The highest BCUT2D eigenvalue weighted by atomic mass is 32.2. The van der Waals surface area contributed by atoms with Crippen molar-refractivity contribution in [3.05, 3.63) is 82.3 Å². The molecule has 0 aliphatic rings. The SMILES string of the molecule is CCn1cc2nc(SCC(=O)Nc3ccc(C)cc3)n(CCc3ccccc3)c(=O)c2n1. The predicted octanol–water partition coefficient (Wildman–Crippen LogP) is 3.89. The molecule has 2 aromatic carbocycles. The third-order valence-electron chi connectivity index (χ3n) is 5.10. The Hall–Kier alpha value is -3.39. The van der Waals surface area contributed by atoms with E-state index in [1.54, 1.807) is 15.4 Å². The number of fused-ring (bicyclic) bond motifs is 1. The van der Waals surface area contributed by atoms with Crippen LogP contribution in [0.5, 0.6) is 0 Å². The zero-order valence-electron chi connectivity index (χ0n) is 18.1. The molecular weight excluding hydrogens is 422 g/mol. The molecule has 0 radical (unpaired) electrons. The molecule has 0 atom stereocenters. The number of thioether (sulfide) groups is 1. The Morgan fingerprint density at radius 1 is 1.09 bits per heavy atom. The predicted molar refractivity (Wildman–Crippen MR) is 128 cm³/mol. The molecule has 32 heavy (non-hydrogen) atoms. The van der Waals surface area contributed by atoms with E-state index >= 15 is 0 Å². The van der Waals surface area contributed by atoms with Crippen LogP contribution in [0.4, 0.5) is 5.69 Å². The Morgan fingerprint density at radius 3 is 2.56 bits per heavy atom. The number of aromatic nitrogens is 4. The lowest BCUT2D eigenvalue weighted by Gasteiger charge is -2.12. The van der Waals surface area contributed by atoms with Gasteiger partial charge in [-0.15, -0.1) is 0 Å². The summed E-state index contributed by atoms with van der Waals surface area (Å²) in [4.78, 5) is 30.4.